The number of piperidine rings is 1. The Balaban J connectivity index is 1.34. The lowest BCUT2D eigenvalue weighted by molar-refractivity contribution is -0.124. The number of nitrogens with zero attached hydrogens (tertiary/aromatic N) is 2. The molecular weight excluding hydrogens is 446 g/mol. The molecule has 2 fully saturated rings. The standard InChI is InChI=1S/C24H30ClN3O3S/c25-21-10-12-22(13-11-21)32(30,31)28-16-4-5-23(28)24(29)26-17-19-6-8-20(9-7-19)18-27-14-2-1-3-15-27/h6-13,23H,1-5,14-18H2,(H,26,29)/t23-/m1/s1. The van der Waals surface area contributed by atoms with Crippen LogP contribution in [0.15, 0.2) is 53.4 Å². The highest BCUT2D eigenvalue weighted by atomic mass is 35.5. The summed E-state index contributed by atoms with van der Waals surface area (Å²) in [6, 6.07) is 13.7. The van der Waals surface area contributed by atoms with Gasteiger partial charge in [-0.2, -0.15) is 4.31 Å². The third-order valence-corrected chi connectivity index (χ3v) is 8.45. The highest BCUT2D eigenvalue weighted by Gasteiger charge is 2.39. The van der Waals surface area contributed by atoms with Crippen LogP contribution in [0.25, 0.3) is 0 Å². The smallest absolute Gasteiger partial charge is 0.243 e. The summed E-state index contributed by atoms with van der Waals surface area (Å²) in [5, 5.41) is 3.40. The average Bonchev–Trinajstić information content (AvgIpc) is 3.31. The first-order valence-corrected chi connectivity index (χ1v) is 13.1. The van der Waals surface area contributed by atoms with Crippen molar-refractivity contribution in [1.82, 2.24) is 14.5 Å². The van der Waals surface area contributed by atoms with Gasteiger partial charge in [0.2, 0.25) is 15.9 Å². The Bertz CT molecular complexity index is 1020. The summed E-state index contributed by atoms with van der Waals surface area (Å²) in [5.41, 5.74) is 2.28. The number of hydrogen-bond acceptors (Lipinski definition) is 4. The number of amides is 1. The Hall–Kier alpha value is -1.93. The van der Waals surface area contributed by atoms with Gasteiger partial charge >= 0.3 is 0 Å². The van der Waals surface area contributed by atoms with Gasteiger partial charge in [0, 0.05) is 24.7 Å². The molecule has 0 aromatic heterocycles. The fourth-order valence-corrected chi connectivity index (χ4v) is 6.26. The second-order valence-corrected chi connectivity index (χ2v) is 10.9. The molecule has 0 aliphatic carbocycles. The maximum atomic E-state index is 13.0. The molecule has 0 radical (unpaired) electrons. The fraction of sp³-hybridized carbons (Fsp3) is 0.458. The van der Waals surface area contributed by atoms with Crippen LogP contribution in [-0.2, 0) is 27.9 Å². The first kappa shape index (κ1) is 23.2. The van der Waals surface area contributed by atoms with Gasteiger partial charge in [-0.05, 0) is 74.2 Å². The number of sulfonamides is 1. The van der Waals surface area contributed by atoms with Gasteiger partial charge in [-0.15, -0.1) is 0 Å². The van der Waals surface area contributed by atoms with Crippen LogP contribution < -0.4 is 5.32 Å². The second kappa shape index (κ2) is 10.3. The average molecular weight is 476 g/mol. The van der Waals surface area contributed by atoms with Gasteiger partial charge in [-0.25, -0.2) is 8.42 Å². The molecule has 2 aliphatic heterocycles. The monoisotopic (exact) mass is 475 g/mol. The van der Waals surface area contributed by atoms with E-state index in [-0.39, 0.29) is 10.8 Å². The Morgan fingerprint density at radius 3 is 2.25 bits per heavy atom. The molecular formula is C24H30ClN3O3S. The van der Waals surface area contributed by atoms with E-state index in [2.05, 4.69) is 22.3 Å². The highest BCUT2D eigenvalue weighted by Crippen LogP contribution is 2.27. The van der Waals surface area contributed by atoms with Crippen LogP contribution in [-0.4, -0.2) is 49.2 Å². The Morgan fingerprint density at radius 2 is 1.56 bits per heavy atom. The molecule has 1 atom stereocenters. The Morgan fingerprint density at radius 1 is 0.906 bits per heavy atom. The third kappa shape index (κ3) is 5.52. The maximum Gasteiger partial charge on any atom is 0.243 e. The van der Waals surface area contributed by atoms with Gasteiger partial charge in [0.25, 0.3) is 0 Å². The maximum absolute atomic E-state index is 13.0. The molecule has 2 heterocycles. The highest BCUT2D eigenvalue weighted by molar-refractivity contribution is 7.89. The van der Waals surface area contributed by atoms with Crippen LogP contribution >= 0.6 is 11.6 Å². The van der Waals surface area contributed by atoms with E-state index in [1.807, 2.05) is 12.1 Å². The van der Waals surface area contributed by atoms with Crippen molar-refractivity contribution in [3.63, 3.8) is 0 Å². The van der Waals surface area contributed by atoms with Crippen molar-refractivity contribution < 1.29 is 13.2 Å². The van der Waals surface area contributed by atoms with Crippen molar-refractivity contribution >= 4 is 27.5 Å². The van der Waals surface area contributed by atoms with Crippen molar-refractivity contribution in [2.75, 3.05) is 19.6 Å². The van der Waals surface area contributed by atoms with Crippen LogP contribution in [0.5, 0.6) is 0 Å². The predicted octanol–water partition coefficient (Wildman–Crippen LogP) is 3.80. The van der Waals surface area contributed by atoms with Crippen LogP contribution in [0, 0.1) is 0 Å². The second-order valence-electron chi connectivity index (χ2n) is 8.60. The molecule has 172 valence electrons. The number of hydrogen-bond donors (Lipinski definition) is 1. The minimum atomic E-state index is -3.74. The first-order chi connectivity index (χ1) is 15.4. The first-order valence-electron chi connectivity index (χ1n) is 11.3. The van der Waals surface area contributed by atoms with Crippen LogP contribution in [0.1, 0.15) is 43.2 Å². The quantitative estimate of drug-likeness (QED) is 0.661. The summed E-state index contributed by atoms with van der Waals surface area (Å²) in [4.78, 5) is 15.5. The van der Waals surface area contributed by atoms with E-state index in [0.29, 0.717) is 31.0 Å². The van der Waals surface area contributed by atoms with E-state index < -0.39 is 16.1 Å². The molecule has 32 heavy (non-hydrogen) atoms. The van der Waals surface area contributed by atoms with Crippen LogP contribution in [0.2, 0.25) is 5.02 Å². The molecule has 2 aromatic rings. The molecule has 0 unspecified atom stereocenters. The number of benzene rings is 2. The molecule has 8 heteroatoms. The Labute approximate surface area is 195 Å². The lowest BCUT2D eigenvalue weighted by atomic mass is 10.1. The fourth-order valence-electron chi connectivity index (χ4n) is 4.48. The SMILES string of the molecule is O=C(NCc1ccc(CN2CCCCC2)cc1)[C@H]1CCCN1S(=O)(=O)c1ccc(Cl)cc1. The molecule has 2 aliphatic rings. The summed E-state index contributed by atoms with van der Waals surface area (Å²) in [6.07, 6.45) is 5.06. The molecule has 1 N–H and O–H groups in total. The molecule has 4 rings (SSSR count). The molecule has 0 spiro atoms. The normalized spacial score (nSPS) is 20.3. The van der Waals surface area contributed by atoms with Crippen molar-refractivity contribution in [3.05, 3.63) is 64.7 Å². The van der Waals surface area contributed by atoms with Crippen molar-refractivity contribution in [3.8, 4) is 0 Å². The van der Waals surface area contributed by atoms with E-state index >= 15 is 0 Å². The van der Waals surface area contributed by atoms with E-state index in [1.54, 1.807) is 12.1 Å². The molecule has 2 aromatic carbocycles. The molecule has 0 saturated carbocycles. The van der Waals surface area contributed by atoms with Gasteiger partial charge in [0.05, 0.1) is 4.90 Å². The minimum absolute atomic E-state index is 0.158. The van der Waals surface area contributed by atoms with Crippen LogP contribution in [0.3, 0.4) is 0 Å². The minimum Gasteiger partial charge on any atom is -0.351 e. The lowest BCUT2D eigenvalue weighted by Gasteiger charge is -2.26. The number of halogens is 1. The Kier molecular flexibility index (Phi) is 7.51. The molecule has 0 bridgehead atoms. The van der Waals surface area contributed by atoms with E-state index in [9.17, 15) is 13.2 Å². The van der Waals surface area contributed by atoms with Crippen molar-refractivity contribution in [2.24, 2.45) is 0 Å². The summed E-state index contributed by atoms with van der Waals surface area (Å²) in [6.45, 7) is 4.01. The third-order valence-electron chi connectivity index (χ3n) is 6.27. The number of carbonyl (C=O) groups is 1. The summed E-state index contributed by atoms with van der Waals surface area (Å²) >= 11 is 5.88. The summed E-state index contributed by atoms with van der Waals surface area (Å²) in [5.74, 6) is -0.252. The van der Waals surface area contributed by atoms with E-state index in [0.717, 1.165) is 25.2 Å². The zero-order chi connectivity index (χ0) is 22.6. The van der Waals surface area contributed by atoms with Crippen molar-refractivity contribution in [2.45, 2.75) is 56.1 Å². The zero-order valence-corrected chi connectivity index (χ0v) is 19.7. The van der Waals surface area contributed by atoms with Gasteiger partial charge in [0.1, 0.15) is 6.04 Å². The van der Waals surface area contributed by atoms with Gasteiger partial charge in [-0.3, -0.25) is 9.69 Å². The van der Waals surface area contributed by atoms with E-state index in [4.69, 9.17) is 11.6 Å². The topological polar surface area (TPSA) is 69.7 Å². The summed E-state index contributed by atoms with van der Waals surface area (Å²) < 4.78 is 27.4. The predicted molar refractivity (Wildman–Crippen MR) is 126 cm³/mol. The molecule has 6 nitrogen and oxygen atoms in total. The van der Waals surface area contributed by atoms with Gasteiger partial charge in [0.15, 0.2) is 0 Å². The van der Waals surface area contributed by atoms with Gasteiger partial charge in [-0.1, -0.05) is 42.3 Å². The van der Waals surface area contributed by atoms with Gasteiger partial charge < -0.3 is 5.32 Å². The molecule has 2 saturated heterocycles. The number of nitrogens with one attached hydrogen (secondary N) is 1. The number of likely N-dealkylation sites (tertiary alicyclic amines) is 1. The molecule has 1 amide bonds. The largest absolute Gasteiger partial charge is 0.351 e. The lowest BCUT2D eigenvalue weighted by Crippen LogP contribution is -2.45. The van der Waals surface area contributed by atoms with E-state index in [1.165, 1.54) is 41.3 Å². The number of carbonyl (C=O) groups excluding carboxylic acids is 1. The summed E-state index contributed by atoms with van der Waals surface area (Å²) in [7, 11) is -3.74. The number of rotatable bonds is 7. The zero-order valence-electron chi connectivity index (χ0n) is 18.2. The van der Waals surface area contributed by atoms with Crippen molar-refractivity contribution in [1.29, 1.82) is 0 Å². The van der Waals surface area contributed by atoms with Crippen LogP contribution in [0.4, 0.5) is 0 Å².